The molecule has 2 fully saturated rings. The molecule has 0 amide bonds. The van der Waals surface area contributed by atoms with Crippen LogP contribution in [-0.4, -0.2) is 102 Å². The maximum absolute atomic E-state index is 13.7. The first-order valence-electron chi connectivity index (χ1n) is 18.0. The fraction of sp³-hybridized carbons (Fsp3) is 0.310. The van der Waals surface area contributed by atoms with Gasteiger partial charge in [0.1, 0.15) is 12.0 Å². The fourth-order valence-electron chi connectivity index (χ4n) is 6.34. The lowest BCUT2D eigenvalue weighted by Crippen LogP contribution is -2.66. The molecule has 298 valence electrons. The van der Waals surface area contributed by atoms with Gasteiger partial charge < -0.3 is 43.0 Å². The van der Waals surface area contributed by atoms with Crippen molar-refractivity contribution in [3.63, 3.8) is 0 Å². The van der Waals surface area contributed by atoms with Crippen molar-refractivity contribution in [1.29, 1.82) is 0 Å². The molecule has 0 unspecified atom stereocenters. The van der Waals surface area contributed by atoms with Gasteiger partial charge in [0.25, 0.3) is 0 Å². The molecule has 4 aromatic rings. The molecule has 6 rings (SSSR count). The summed E-state index contributed by atoms with van der Waals surface area (Å²) in [4.78, 5) is 66.9. The molecule has 14 nitrogen and oxygen atoms in total. The molecule has 1 N–H and O–H groups in total. The van der Waals surface area contributed by atoms with Gasteiger partial charge in [-0.25, -0.2) is 19.2 Å². The molecule has 4 aromatic carbocycles. The lowest BCUT2D eigenvalue weighted by atomic mass is 9.96. The van der Waals surface area contributed by atoms with Crippen LogP contribution in [0.3, 0.4) is 0 Å². The maximum atomic E-state index is 13.7. The van der Waals surface area contributed by atoms with Crippen molar-refractivity contribution in [2.75, 3.05) is 5.88 Å². The summed E-state index contributed by atoms with van der Waals surface area (Å²) < 4.78 is 47.8. The van der Waals surface area contributed by atoms with Gasteiger partial charge in [0.05, 0.1) is 34.5 Å². The summed E-state index contributed by atoms with van der Waals surface area (Å²) in [6.45, 7) is 3.00. The second kappa shape index (κ2) is 19.0. The van der Waals surface area contributed by atoms with Crippen LogP contribution < -0.4 is 0 Å². The number of hydrogen-bond donors (Lipinski definition) is 1. The molecule has 2 aliphatic rings. The monoisotopic (exact) mass is 802 g/mol. The third-order valence-electron chi connectivity index (χ3n) is 9.15. The largest absolute Gasteiger partial charge is 0.453 e. The number of rotatable bonds is 12. The Bertz CT molecular complexity index is 1920. The number of aliphatic hydroxyl groups is 1. The normalized spacial score (nSPS) is 26.9. The molecule has 2 saturated heterocycles. The van der Waals surface area contributed by atoms with Gasteiger partial charge in [-0.1, -0.05) is 72.8 Å². The van der Waals surface area contributed by atoms with Crippen LogP contribution in [-0.2, 0) is 42.7 Å². The van der Waals surface area contributed by atoms with Gasteiger partial charge >= 0.3 is 29.8 Å². The van der Waals surface area contributed by atoms with E-state index in [0.717, 1.165) is 0 Å². The molecule has 2 aliphatic heterocycles. The Morgan fingerprint density at radius 2 is 0.842 bits per heavy atom. The summed E-state index contributed by atoms with van der Waals surface area (Å²) in [7, 11) is 0. The summed E-state index contributed by atoms with van der Waals surface area (Å²) in [5, 5.41) is 11.3. The van der Waals surface area contributed by atoms with Crippen molar-refractivity contribution in [3.05, 3.63) is 144 Å². The predicted octanol–water partition coefficient (Wildman–Crippen LogP) is 4.91. The van der Waals surface area contributed by atoms with Crippen LogP contribution in [0, 0.1) is 0 Å². The topological polar surface area (TPSA) is 179 Å². The van der Waals surface area contributed by atoms with Crippen molar-refractivity contribution >= 4 is 41.4 Å². The number of carbonyl (C=O) groups is 5. The van der Waals surface area contributed by atoms with Gasteiger partial charge in [-0.2, -0.15) is 0 Å². The van der Waals surface area contributed by atoms with E-state index in [4.69, 9.17) is 49.5 Å². The van der Waals surface area contributed by atoms with E-state index < -0.39 is 97.1 Å². The highest BCUT2D eigenvalue weighted by Gasteiger charge is 2.56. The van der Waals surface area contributed by atoms with Crippen molar-refractivity contribution in [2.45, 2.75) is 75.3 Å². The molecule has 0 bridgehead atoms. The lowest BCUT2D eigenvalue weighted by Gasteiger charge is -2.47. The molecule has 0 radical (unpaired) electrons. The molecule has 2 heterocycles. The third-order valence-corrected chi connectivity index (χ3v) is 9.37. The Kier molecular flexibility index (Phi) is 13.7. The first kappa shape index (κ1) is 41.0. The van der Waals surface area contributed by atoms with Gasteiger partial charge in [0.2, 0.25) is 0 Å². The molecule has 0 spiro atoms. The maximum Gasteiger partial charge on any atom is 0.338 e. The van der Waals surface area contributed by atoms with Gasteiger partial charge in [-0.3, -0.25) is 4.79 Å². The highest BCUT2D eigenvalue weighted by atomic mass is 35.5. The van der Waals surface area contributed by atoms with Gasteiger partial charge in [0.15, 0.2) is 43.1 Å². The third kappa shape index (κ3) is 10.0. The van der Waals surface area contributed by atoms with Crippen LogP contribution in [0.5, 0.6) is 0 Å². The van der Waals surface area contributed by atoms with Crippen molar-refractivity contribution in [3.8, 4) is 0 Å². The van der Waals surface area contributed by atoms with Crippen LogP contribution in [0.1, 0.15) is 55.3 Å². The number of halogens is 1. The number of esters is 5. The highest BCUT2D eigenvalue weighted by Crippen LogP contribution is 2.35. The smallest absolute Gasteiger partial charge is 0.338 e. The number of aliphatic hydroxyl groups excluding tert-OH is 1. The van der Waals surface area contributed by atoms with Gasteiger partial charge in [-0.05, 0) is 62.4 Å². The molecular formula is C42H39ClO14. The Morgan fingerprint density at radius 3 is 1.25 bits per heavy atom. The van der Waals surface area contributed by atoms with Gasteiger partial charge in [-0.15, -0.1) is 11.6 Å². The number of hydrogen-bond acceptors (Lipinski definition) is 14. The summed E-state index contributed by atoms with van der Waals surface area (Å²) in [6.07, 6.45) is -15.2. The van der Waals surface area contributed by atoms with E-state index in [-0.39, 0.29) is 22.3 Å². The first-order valence-corrected chi connectivity index (χ1v) is 18.5. The van der Waals surface area contributed by atoms with Crippen LogP contribution in [0.2, 0.25) is 0 Å². The Morgan fingerprint density at radius 1 is 0.491 bits per heavy atom. The zero-order valence-corrected chi connectivity index (χ0v) is 31.4. The summed E-state index contributed by atoms with van der Waals surface area (Å²) in [5.74, 6) is -5.00. The molecule has 0 aromatic heterocycles. The van der Waals surface area contributed by atoms with Crippen LogP contribution in [0.15, 0.2) is 121 Å². The average Bonchev–Trinajstić information content (AvgIpc) is 3.24. The lowest BCUT2D eigenvalue weighted by molar-refractivity contribution is -0.347. The zero-order valence-electron chi connectivity index (χ0n) is 30.7. The second-order valence-electron chi connectivity index (χ2n) is 13.1. The Balaban J connectivity index is 1.40. The summed E-state index contributed by atoms with van der Waals surface area (Å²) in [5.41, 5.74) is 0.545. The van der Waals surface area contributed by atoms with E-state index in [9.17, 15) is 29.1 Å². The SMILES string of the molecule is C[C@@H]1O[C@@H](O)[C@H](OC(=O)c2ccccc2)[C@H](O[C@@H]2O[C@@H](C)[C@H](OC(=O)c3ccccc3)[C@@H](OC(=O)CCl)[C@H]2OC(=O)c2ccccc2)[C@H]1OC(=O)c1ccccc1. The minimum atomic E-state index is -1.83. The van der Waals surface area contributed by atoms with Gasteiger partial charge in [0, 0.05) is 0 Å². The van der Waals surface area contributed by atoms with Crippen molar-refractivity contribution < 1.29 is 67.0 Å². The van der Waals surface area contributed by atoms with E-state index in [1.807, 2.05) is 0 Å². The highest BCUT2D eigenvalue weighted by molar-refractivity contribution is 6.26. The van der Waals surface area contributed by atoms with E-state index in [2.05, 4.69) is 0 Å². The standard InChI is InChI=1S/C42H39ClO14/c1-24-31(53-37(45)26-15-7-3-8-16-26)33(35(41(49)50-24)55-39(47)28-19-11-5-12-20-28)57-42-36(56-40(48)29-21-13-6-14-22-29)34(52-30(44)23-43)32(25(2)51-42)54-38(46)27-17-9-4-10-18-27/h3-22,24-25,31-36,41-42,49H,23H2,1-2H3/t24-,25-,31-,32-,33+,34+,35+,36+,41+,42-/m0/s1. The fourth-order valence-corrected chi connectivity index (χ4v) is 6.40. The zero-order chi connectivity index (χ0) is 40.5. The molecular weight excluding hydrogens is 764 g/mol. The Labute approximate surface area is 332 Å². The number of benzene rings is 4. The quantitative estimate of drug-likeness (QED) is 0.116. The van der Waals surface area contributed by atoms with E-state index in [1.54, 1.807) is 72.8 Å². The number of alkyl halides is 1. The molecule has 10 atom stereocenters. The van der Waals surface area contributed by atoms with E-state index in [0.29, 0.717) is 0 Å². The number of carbonyl (C=O) groups excluding carboxylic acids is 5. The molecule has 15 heteroatoms. The second-order valence-corrected chi connectivity index (χ2v) is 13.3. The minimum Gasteiger partial charge on any atom is -0.453 e. The first-order chi connectivity index (χ1) is 27.5. The Hall–Kier alpha value is -5.64. The van der Waals surface area contributed by atoms with E-state index in [1.165, 1.54) is 62.4 Å². The summed E-state index contributed by atoms with van der Waals surface area (Å²) >= 11 is 5.88. The summed E-state index contributed by atoms with van der Waals surface area (Å²) in [6, 6.07) is 31.7. The number of ether oxygens (including phenoxy) is 8. The van der Waals surface area contributed by atoms with Crippen molar-refractivity contribution in [2.24, 2.45) is 0 Å². The minimum absolute atomic E-state index is 0.0922. The van der Waals surface area contributed by atoms with Crippen LogP contribution in [0.4, 0.5) is 0 Å². The van der Waals surface area contributed by atoms with Crippen LogP contribution in [0.25, 0.3) is 0 Å². The average molecular weight is 803 g/mol. The molecule has 0 saturated carbocycles. The van der Waals surface area contributed by atoms with E-state index >= 15 is 0 Å². The van der Waals surface area contributed by atoms with Crippen molar-refractivity contribution in [1.82, 2.24) is 0 Å². The van der Waals surface area contributed by atoms with Crippen LogP contribution >= 0.6 is 11.6 Å². The molecule has 0 aliphatic carbocycles. The predicted molar refractivity (Wildman–Crippen MR) is 199 cm³/mol. The molecule has 57 heavy (non-hydrogen) atoms.